The fraction of sp³-hybridized carbons (Fsp3) is 0.467. The summed E-state index contributed by atoms with van der Waals surface area (Å²) in [6.45, 7) is 1.97. The van der Waals surface area contributed by atoms with E-state index in [0.29, 0.717) is 12.2 Å². The Hall–Kier alpha value is -1.69. The van der Waals surface area contributed by atoms with Crippen molar-refractivity contribution >= 4 is 23.8 Å². The van der Waals surface area contributed by atoms with E-state index < -0.39 is 18.0 Å². The van der Waals surface area contributed by atoms with Gasteiger partial charge in [-0.1, -0.05) is 37.3 Å². The van der Waals surface area contributed by atoms with Gasteiger partial charge in [0.25, 0.3) is 0 Å². The summed E-state index contributed by atoms with van der Waals surface area (Å²) in [6.07, 6.45) is 3.05. The van der Waals surface area contributed by atoms with E-state index in [1.807, 2.05) is 43.5 Å². The number of carboxylic acid groups (broad SMARTS) is 1. The molecule has 2 amide bonds. The maximum absolute atomic E-state index is 12.0. The van der Waals surface area contributed by atoms with Gasteiger partial charge in [-0.3, -0.25) is 0 Å². The normalized spacial score (nSPS) is 13.2. The van der Waals surface area contributed by atoms with Crippen LogP contribution >= 0.6 is 11.8 Å². The highest BCUT2D eigenvalue weighted by atomic mass is 32.2. The lowest BCUT2D eigenvalue weighted by molar-refractivity contribution is -0.139. The Morgan fingerprint density at radius 2 is 1.90 bits per heavy atom. The molecule has 0 aliphatic rings. The number of urea groups is 1. The Morgan fingerprint density at radius 3 is 2.43 bits per heavy atom. The first-order valence-corrected chi connectivity index (χ1v) is 8.31. The van der Waals surface area contributed by atoms with E-state index in [0.717, 1.165) is 12.0 Å². The monoisotopic (exact) mass is 310 g/mol. The van der Waals surface area contributed by atoms with Crippen LogP contribution in [0.15, 0.2) is 30.3 Å². The summed E-state index contributed by atoms with van der Waals surface area (Å²) in [5.41, 5.74) is 1.01. The number of carboxylic acids is 1. The van der Waals surface area contributed by atoms with Crippen molar-refractivity contribution in [2.45, 2.75) is 31.8 Å². The Labute approximate surface area is 129 Å². The molecular weight excluding hydrogens is 288 g/mol. The van der Waals surface area contributed by atoms with Gasteiger partial charge in [-0.25, -0.2) is 9.59 Å². The minimum absolute atomic E-state index is 0.124. The number of benzene rings is 1. The van der Waals surface area contributed by atoms with Gasteiger partial charge in [0.1, 0.15) is 6.04 Å². The fourth-order valence-corrected chi connectivity index (χ4v) is 2.43. The van der Waals surface area contributed by atoms with Gasteiger partial charge in [0.05, 0.1) is 6.04 Å². The largest absolute Gasteiger partial charge is 0.480 e. The molecule has 1 rings (SSSR count). The molecule has 0 aromatic heterocycles. The number of carbonyl (C=O) groups excluding carboxylic acids is 1. The molecule has 0 radical (unpaired) electrons. The molecule has 0 bridgehead atoms. The average Bonchev–Trinajstić information content (AvgIpc) is 2.49. The van der Waals surface area contributed by atoms with Crippen LogP contribution in [0.1, 0.15) is 31.4 Å². The third-order valence-corrected chi connectivity index (χ3v) is 3.77. The van der Waals surface area contributed by atoms with Crippen molar-refractivity contribution in [2.75, 3.05) is 12.0 Å². The summed E-state index contributed by atoms with van der Waals surface area (Å²) in [6, 6.07) is 8.20. The van der Waals surface area contributed by atoms with Gasteiger partial charge >= 0.3 is 12.0 Å². The molecule has 1 aromatic carbocycles. The third kappa shape index (κ3) is 6.08. The summed E-state index contributed by atoms with van der Waals surface area (Å²) in [5, 5.41) is 14.5. The second-order valence-electron chi connectivity index (χ2n) is 4.66. The zero-order valence-electron chi connectivity index (χ0n) is 12.3. The first kappa shape index (κ1) is 17.4. The second kappa shape index (κ2) is 9.28. The van der Waals surface area contributed by atoms with E-state index in [4.69, 9.17) is 5.11 Å². The number of hydrogen-bond acceptors (Lipinski definition) is 3. The standard InChI is InChI=1S/C15H22N2O3S/c1-3-12(11-7-5-4-6-8-11)16-15(20)17-13(14(18)19)9-10-21-2/h4-8,12-13H,3,9-10H2,1-2H3,(H,18,19)(H2,16,17,20)/t12?,13-/m0/s1. The van der Waals surface area contributed by atoms with Crippen LogP contribution in [-0.2, 0) is 4.79 Å². The number of aliphatic carboxylic acids is 1. The summed E-state index contributed by atoms with van der Waals surface area (Å²) >= 11 is 1.55. The lowest BCUT2D eigenvalue weighted by atomic mass is 10.1. The molecule has 0 fully saturated rings. The Balaban J connectivity index is 2.59. The van der Waals surface area contributed by atoms with Crippen molar-refractivity contribution in [1.29, 1.82) is 0 Å². The van der Waals surface area contributed by atoms with Crippen LogP contribution in [0.2, 0.25) is 0 Å². The summed E-state index contributed by atoms with van der Waals surface area (Å²) in [4.78, 5) is 23.1. The van der Waals surface area contributed by atoms with Crippen LogP contribution < -0.4 is 10.6 Å². The number of rotatable bonds is 8. The summed E-state index contributed by atoms with van der Waals surface area (Å²) < 4.78 is 0. The zero-order chi connectivity index (χ0) is 15.7. The van der Waals surface area contributed by atoms with Gasteiger partial charge in [0, 0.05) is 0 Å². The molecule has 0 saturated heterocycles. The molecular formula is C15H22N2O3S. The van der Waals surface area contributed by atoms with E-state index in [2.05, 4.69) is 10.6 Å². The highest BCUT2D eigenvalue weighted by molar-refractivity contribution is 7.98. The third-order valence-electron chi connectivity index (χ3n) is 3.13. The molecule has 2 atom stereocenters. The summed E-state index contributed by atoms with van der Waals surface area (Å²) in [5.74, 6) is -0.320. The highest BCUT2D eigenvalue weighted by Crippen LogP contribution is 2.15. The van der Waals surface area contributed by atoms with Crippen LogP contribution in [0.25, 0.3) is 0 Å². The molecule has 0 heterocycles. The molecule has 1 unspecified atom stereocenters. The van der Waals surface area contributed by atoms with Crippen molar-refractivity contribution < 1.29 is 14.7 Å². The Morgan fingerprint density at radius 1 is 1.24 bits per heavy atom. The number of amides is 2. The van der Waals surface area contributed by atoms with Crippen molar-refractivity contribution in [3.05, 3.63) is 35.9 Å². The lowest BCUT2D eigenvalue weighted by Crippen LogP contribution is -2.47. The fourth-order valence-electron chi connectivity index (χ4n) is 1.96. The van der Waals surface area contributed by atoms with Crippen LogP contribution in [0.4, 0.5) is 4.79 Å². The van der Waals surface area contributed by atoms with E-state index in [-0.39, 0.29) is 6.04 Å². The van der Waals surface area contributed by atoms with E-state index in [9.17, 15) is 9.59 Å². The molecule has 1 aromatic rings. The molecule has 3 N–H and O–H groups in total. The maximum atomic E-state index is 12.0. The van der Waals surface area contributed by atoms with Crippen molar-refractivity contribution in [3.63, 3.8) is 0 Å². The van der Waals surface area contributed by atoms with Crippen molar-refractivity contribution in [2.24, 2.45) is 0 Å². The summed E-state index contributed by atoms with van der Waals surface area (Å²) in [7, 11) is 0. The predicted octanol–water partition coefficient (Wildman–Crippen LogP) is 2.64. The van der Waals surface area contributed by atoms with Crippen molar-refractivity contribution in [1.82, 2.24) is 10.6 Å². The van der Waals surface area contributed by atoms with Gasteiger partial charge in [-0.05, 0) is 30.4 Å². The topological polar surface area (TPSA) is 78.4 Å². The minimum Gasteiger partial charge on any atom is -0.480 e. The Kier molecular flexibility index (Phi) is 7.68. The van der Waals surface area contributed by atoms with Crippen LogP contribution in [-0.4, -0.2) is 35.2 Å². The van der Waals surface area contributed by atoms with E-state index in [1.54, 1.807) is 11.8 Å². The number of thioether (sulfide) groups is 1. The molecule has 0 spiro atoms. The first-order valence-electron chi connectivity index (χ1n) is 6.92. The van der Waals surface area contributed by atoms with Crippen LogP contribution in [0.3, 0.4) is 0 Å². The number of carbonyl (C=O) groups is 2. The molecule has 0 aliphatic heterocycles. The van der Waals surface area contributed by atoms with Gasteiger partial charge in [-0.2, -0.15) is 11.8 Å². The maximum Gasteiger partial charge on any atom is 0.326 e. The van der Waals surface area contributed by atoms with Crippen LogP contribution in [0, 0.1) is 0 Å². The Bertz CT molecular complexity index is 453. The van der Waals surface area contributed by atoms with Crippen LogP contribution in [0.5, 0.6) is 0 Å². The first-order chi connectivity index (χ1) is 10.1. The zero-order valence-corrected chi connectivity index (χ0v) is 13.2. The molecule has 21 heavy (non-hydrogen) atoms. The molecule has 0 saturated carbocycles. The predicted molar refractivity (Wildman–Crippen MR) is 85.6 cm³/mol. The lowest BCUT2D eigenvalue weighted by Gasteiger charge is -2.20. The second-order valence-corrected chi connectivity index (χ2v) is 5.65. The van der Waals surface area contributed by atoms with E-state index >= 15 is 0 Å². The molecule has 0 aliphatic carbocycles. The molecule has 6 heteroatoms. The quantitative estimate of drug-likeness (QED) is 0.690. The minimum atomic E-state index is -1.01. The van der Waals surface area contributed by atoms with Crippen molar-refractivity contribution in [3.8, 4) is 0 Å². The number of hydrogen-bond donors (Lipinski definition) is 3. The van der Waals surface area contributed by atoms with Gasteiger partial charge in [0.2, 0.25) is 0 Å². The molecule has 5 nitrogen and oxygen atoms in total. The van der Waals surface area contributed by atoms with E-state index in [1.165, 1.54) is 0 Å². The average molecular weight is 310 g/mol. The highest BCUT2D eigenvalue weighted by Gasteiger charge is 2.21. The number of nitrogens with one attached hydrogen (secondary N) is 2. The smallest absolute Gasteiger partial charge is 0.326 e. The van der Waals surface area contributed by atoms with Gasteiger partial charge in [-0.15, -0.1) is 0 Å². The SMILES string of the molecule is CCC(NC(=O)N[C@@H](CCSC)C(=O)O)c1ccccc1. The molecule has 116 valence electrons. The van der Waals surface area contributed by atoms with Gasteiger partial charge in [0.15, 0.2) is 0 Å². The van der Waals surface area contributed by atoms with Gasteiger partial charge < -0.3 is 15.7 Å².